The summed E-state index contributed by atoms with van der Waals surface area (Å²) in [4.78, 5) is 11.3. The Balaban J connectivity index is 4.06. The lowest BCUT2D eigenvalue weighted by Crippen LogP contribution is -2.29. The summed E-state index contributed by atoms with van der Waals surface area (Å²) in [6, 6.07) is 0. The number of rotatable bonds is 4. The highest BCUT2D eigenvalue weighted by atomic mass is 16.5. The van der Waals surface area contributed by atoms with E-state index in [2.05, 4.69) is 0 Å². The molecule has 0 aliphatic heterocycles. The Labute approximate surface area is 73.7 Å². The molecule has 0 aromatic carbocycles. The molecule has 0 saturated carbocycles. The summed E-state index contributed by atoms with van der Waals surface area (Å²) in [7, 11) is 0. The van der Waals surface area contributed by atoms with Crippen LogP contribution < -0.4 is 0 Å². The molecule has 0 fully saturated rings. The largest absolute Gasteiger partial charge is 0.463 e. The number of esters is 1. The summed E-state index contributed by atoms with van der Waals surface area (Å²) in [5.74, 6) is -0.244. The normalized spacial score (nSPS) is 11.8. The summed E-state index contributed by atoms with van der Waals surface area (Å²) < 4.78 is 5.02. The van der Waals surface area contributed by atoms with Crippen molar-refractivity contribution in [3.63, 3.8) is 0 Å². The first kappa shape index (κ1) is 11.4. The number of aliphatic hydroxyl groups is 1. The number of ether oxygens (including phenoxy) is 1. The fourth-order valence-corrected chi connectivity index (χ4v) is 0.755. The predicted octanol–water partition coefficient (Wildman–Crippen LogP) is 1.35. The van der Waals surface area contributed by atoms with Crippen LogP contribution in [0.5, 0.6) is 0 Å². The lowest BCUT2D eigenvalue weighted by atomic mass is 9.90. The van der Waals surface area contributed by atoms with Gasteiger partial charge in [0, 0.05) is 6.61 Å². The molecule has 0 heterocycles. The van der Waals surface area contributed by atoms with Crippen molar-refractivity contribution in [3.05, 3.63) is 0 Å². The van der Waals surface area contributed by atoms with E-state index in [1.54, 1.807) is 13.8 Å². The second-order valence-electron chi connectivity index (χ2n) is 3.81. The van der Waals surface area contributed by atoms with Crippen molar-refractivity contribution >= 4 is 5.97 Å². The number of hydrogen-bond donors (Lipinski definition) is 1. The summed E-state index contributed by atoms with van der Waals surface area (Å²) in [5, 5.41) is 8.68. The molecule has 1 N–H and O–H groups in total. The van der Waals surface area contributed by atoms with Gasteiger partial charge in [-0.1, -0.05) is 0 Å². The van der Waals surface area contributed by atoms with Crippen molar-refractivity contribution in [2.24, 2.45) is 5.41 Å². The lowest BCUT2D eigenvalue weighted by Gasteiger charge is -2.22. The van der Waals surface area contributed by atoms with Gasteiger partial charge in [-0.15, -0.1) is 0 Å². The van der Waals surface area contributed by atoms with Crippen LogP contribution in [0, 0.1) is 5.41 Å². The minimum atomic E-state index is -0.570. The van der Waals surface area contributed by atoms with Gasteiger partial charge in [0.15, 0.2) is 0 Å². The Morgan fingerprint density at radius 1 is 1.50 bits per heavy atom. The zero-order valence-electron chi connectivity index (χ0n) is 8.26. The maximum Gasteiger partial charge on any atom is 0.311 e. The monoisotopic (exact) mass is 174 g/mol. The molecular weight excluding hydrogens is 156 g/mol. The highest BCUT2D eigenvalue weighted by molar-refractivity contribution is 5.75. The van der Waals surface area contributed by atoms with Crippen molar-refractivity contribution in [1.29, 1.82) is 0 Å². The maximum atomic E-state index is 11.3. The SMILES string of the molecule is CC(C)OC(=O)C(C)(C)CCO. The molecule has 3 nitrogen and oxygen atoms in total. The molecule has 0 spiro atoms. The zero-order valence-corrected chi connectivity index (χ0v) is 8.26. The van der Waals surface area contributed by atoms with Crippen LogP contribution in [0.2, 0.25) is 0 Å². The Hall–Kier alpha value is -0.570. The summed E-state index contributed by atoms with van der Waals surface area (Å²) in [6.45, 7) is 7.18. The average Bonchev–Trinajstić information content (AvgIpc) is 1.85. The van der Waals surface area contributed by atoms with Crippen molar-refractivity contribution < 1.29 is 14.6 Å². The third kappa shape index (κ3) is 3.72. The highest BCUT2D eigenvalue weighted by Crippen LogP contribution is 2.22. The van der Waals surface area contributed by atoms with E-state index in [4.69, 9.17) is 9.84 Å². The van der Waals surface area contributed by atoms with Crippen molar-refractivity contribution in [2.75, 3.05) is 6.61 Å². The maximum absolute atomic E-state index is 11.3. The van der Waals surface area contributed by atoms with E-state index in [-0.39, 0.29) is 18.7 Å². The Morgan fingerprint density at radius 3 is 2.33 bits per heavy atom. The first-order chi connectivity index (χ1) is 5.40. The molecule has 0 unspecified atom stereocenters. The van der Waals surface area contributed by atoms with Gasteiger partial charge >= 0.3 is 5.97 Å². The predicted molar refractivity (Wildman–Crippen MR) is 46.7 cm³/mol. The molecule has 0 radical (unpaired) electrons. The minimum Gasteiger partial charge on any atom is -0.463 e. The van der Waals surface area contributed by atoms with Crippen molar-refractivity contribution in [1.82, 2.24) is 0 Å². The first-order valence-electron chi connectivity index (χ1n) is 4.22. The molecule has 0 aliphatic carbocycles. The van der Waals surface area contributed by atoms with Crippen LogP contribution in [0.25, 0.3) is 0 Å². The van der Waals surface area contributed by atoms with Gasteiger partial charge in [-0.05, 0) is 34.1 Å². The van der Waals surface area contributed by atoms with E-state index < -0.39 is 5.41 Å². The third-order valence-corrected chi connectivity index (χ3v) is 1.63. The van der Waals surface area contributed by atoms with E-state index in [9.17, 15) is 4.79 Å². The highest BCUT2D eigenvalue weighted by Gasteiger charge is 2.29. The number of aliphatic hydroxyl groups excluding tert-OH is 1. The minimum absolute atomic E-state index is 0.0141. The Kier molecular flexibility index (Phi) is 4.24. The molecule has 0 rings (SSSR count). The smallest absolute Gasteiger partial charge is 0.311 e. The van der Waals surface area contributed by atoms with E-state index in [0.717, 1.165) is 0 Å². The molecule has 12 heavy (non-hydrogen) atoms. The van der Waals surface area contributed by atoms with Crippen LogP contribution in [-0.2, 0) is 9.53 Å². The number of carbonyl (C=O) groups excluding carboxylic acids is 1. The van der Waals surface area contributed by atoms with Gasteiger partial charge in [0.1, 0.15) is 0 Å². The Bertz CT molecular complexity index is 150. The standard InChI is InChI=1S/C9H18O3/c1-7(2)12-8(11)9(3,4)5-6-10/h7,10H,5-6H2,1-4H3. The zero-order chi connectivity index (χ0) is 9.78. The average molecular weight is 174 g/mol. The quantitative estimate of drug-likeness (QED) is 0.654. The Morgan fingerprint density at radius 2 is 2.00 bits per heavy atom. The first-order valence-corrected chi connectivity index (χ1v) is 4.22. The van der Waals surface area contributed by atoms with Gasteiger partial charge in [0.05, 0.1) is 11.5 Å². The van der Waals surface area contributed by atoms with Gasteiger partial charge in [-0.2, -0.15) is 0 Å². The fourth-order valence-electron chi connectivity index (χ4n) is 0.755. The molecule has 0 atom stereocenters. The molecule has 0 aromatic heterocycles. The van der Waals surface area contributed by atoms with Gasteiger partial charge < -0.3 is 9.84 Å². The summed E-state index contributed by atoms with van der Waals surface area (Å²) in [5.41, 5.74) is -0.570. The molecular formula is C9H18O3. The van der Waals surface area contributed by atoms with Crippen LogP contribution in [0.4, 0.5) is 0 Å². The van der Waals surface area contributed by atoms with Crippen LogP contribution in [0.15, 0.2) is 0 Å². The molecule has 3 heteroatoms. The molecule has 0 aromatic rings. The summed E-state index contributed by atoms with van der Waals surface area (Å²) in [6.07, 6.45) is 0.355. The van der Waals surface area contributed by atoms with Gasteiger partial charge in [-0.3, -0.25) is 4.79 Å². The van der Waals surface area contributed by atoms with Crippen LogP contribution >= 0.6 is 0 Å². The van der Waals surface area contributed by atoms with Crippen molar-refractivity contribution in [3.8, 4) is 0 Å². The molecule has 72 valence electrons. The van der Waals surface area contributed by atoms with Crippen LogP contribution in [-0.4, -0.2) is 23.8 Å². The van der Waals surface area contributed by atoms with E-state index in [1.165, 1.54) is 0 Å². The van der Waals surface area contributed by atoms with Crippen LogP contribution in [0.1, 0.15) is 34.1 Å². The van der Waals surface area contributed by atoms with Gasteiger partial charge in [-0.25, -0.2) is 0 Å². The fraction of sp³-hybridized carbons (Fsp3) is 0.889. The third-order valence-electron chi connectivity index (χ3n) is 1.63. The number of carbonyl (C=O) groups is 1. The molecule has 0 bridgehead atoms. The summed E-state index contributed by atoms with van der Waals surface area (Å²) >= 11 is 0. The molecule has 0 aliphatic rings. The number of hydrogen-bond acceptors (Lipinski definition) is 3. The molecule has 0 saturated heterocycles. The van der Waals surface area contributed by atoms with E-state index in [1.807, 2.05) is 13.8 Å². The van der Waals surface area contributed by atoms with Gasteiger partial charge in [0.25, 0.3) is 0 Å². The second-order valence-corrected chi connectivity index (χ2v) is 3.81. The van der Waals surface area contributed by atoms with Gasteiger partial charge in [0.2, 0.25) is 0 Å². The van der Waals surface area contributed by atoms with Crippen molar-refractivity contribution in [2.45, 2.75) is 40.2 Å². The second kappa shape index (κ2) is 4.45. The van der Waals surface area contributed by atoms with E-state index in [0.29, 0.717) is 6.42 Å². The lowest BCUT2D eigenvalue weighted by molar-refractivity contribution is -0.158. The van der Waals surface area contributed by atoms with E-state index >= 15 is 0 Å². The topological polar surface area (TPSA) is 46.5 Å². The van der Waals surface area contributed by atoms with Crippen LogP contribution in [0.3, 0.4) is 0 Å². The molecule has 0 amide bonds.